The van der Waals surface area contributed by atoms with Crippen LogP contribution in [-0.2, 0) is 26.1 Å². The highest BCUT2D eigenvalue weighted by Crippen LogP contribution is 2.31. The summed E-state index contributed by atoms with van der Waals surface area (Å²) >= 11 is 0. The van der Waals surface area contributed by atoms with Gasteiger partial charge in [0.05, 0.1) is 37.0 Å². The quantitative estimate of drug-likeness (QED) is 0.180. The van der Waals surface area contributed by atoms with Crippen molar-refractivity contribution in [3.63, 3.8) is 0 Å². The van der Waals surface area contributed by atoms with Crippen LogP contribution in [0.15, 0.2) is 35.4 Å². The number of ether oxygens (including phenoxy) is 2. The Balaban J connectivity index is 1.98. The SMILES string of the molecule is COc1ccc(S(=O)(=O)N(Cc2cn(C3OC(CO)C(O)C(O)C3F)nn2)C(C(=O)NO)C(C)C)cc1. The van der Waals surface area contributed by atoms with Gasteiger partial charge in [-0.15, -0.1) is 5.10 Å². The Morgan fingerprint density at radius 3 is 2.46 bits per heavy atom. The van der Waals surface area contributed by atoms with Crippen molar-refractivity contribution in [2.75, 3.05) is 13.7 Å². The number of aliphatic hydroxyl groups is 3. The number of hydrogen-bond donors (Lipinski definition) is 5. The topological polar surface area (TPSA) is 197 Å². The Bertz CT molecular complexity index is 1160. The molecule has 1 fully saturated rings. The monoisotopic (exact) mass is 547 g/mol. The number of nitrogens with zero attached hydrogens (tertiary/aromatic N) is 4. The van der Waals surface area contributed by atoms with Crippen LogP contribution in [0.1, 0.15) is 25.8 Å². The molecule has 3 rings (SSSR count). The standard InChI is InChI=1S/C21H30FN5O9S/c1-11(2)17(20(31)24-32)27(37(33,34)14-6-4-13(35-3)5-7-14)9-12-8-26(25-23-12)21-16(22)19(30)18(29)15(10-28)36-21/h4-8,11,15-19,21,28-30,32H,9-10H2,1-3H3,(H,24,31). The molecule has 206 valence electrons. The maximum absolute atomic E-state index is 14.7. The number of carbonyl (C=O) groups is 1. The summed E-state index contributed by atoms with van der Waals surface area (Å²) in [5.74, 6) is -1.18. The van der Waals surface area contributed by atoms with Gasteiger partial charge in [0.2, 0.25) is 10.0 Å². The molecule has 14 nitrogen and oxygen atoms in total. The van der Waals surface area contributed by atoms with Crippen molar-refractivity contribution in [3.05, 3.63) is 36.2 Å². The number of aliphatic hydroxyl groups excluding tert-OH is 3. The summed E-state index contributed by atoms with van der Waals surface area (Å²) in [6.07, 6.45) is -7.42. The van der Waals surface area contributed by atoms with Gasteiger partial charge in [-0.2, -0.15) is 4.31 Å². The van der Waals surface area contributed by atoms with E-state index >= 15 is 0 Å². The first kappa shape index (κ1) is 28.8. The molecule has 0 spiro atoms. The molecule has 1 aliphatic rings. The molecule has 6 unspecified atom stereocenters. The van der Waals surface area contributed by atoms with Crippen LogP contribution >= 0.6 is 0 Å². The number of aromatic nitrogens is 3. The predicted octanol–water partition coefficient (Wildman–Crippen LogP) is -1.04. The molecule has 16 heteroatoms. The fourth-order valence-corrected chi connectivity index (χ4v) is 5.68. The van der Waals surface area contributed by atoms with E-state index in [1.54, 1.807) is 13.8 Å². The average Bonchev–Trinajstić information content (AvgIpc) is 3.35. The number of rotatable bonds is 10. The molecule has 37 heavy (non-hydrogen) atoms. The molecule has 0 bridgehead atoms. The fourth-order valence-electron chi connectivity index (χ4n) is 3.99. The highest BCUT2D eigenvalue weighted by molar-refractivity contribution is 7.89. The van der Waals surface area contributed by atoms with Gasteiger partial charge in [0.25, 0.3) is 5.91 Å². The smallest absolute Gasteiger partial charge is 0.262 e. The third kappa shape index (κ3) is 5.90. The first-order valence-electron chi connectivity index (χ1n) is 11.2. The molecule has 0 aliphatic carbocycles. The van der Waals surface area contributed by atoms with Crippen LogP contribution in [0.25, 0.3) is 0 Å². The van der Waals surface area contributed by atoms with Crippen LogP contribution in [0.2, 0.25) is 0 Å². The van der Waals surface area contributed by atoms with Crippen LogP contribution < -0.4 is 10.2 Å². The Morgan fingerprint density at radius 2 is 1.92 bits per heavy atom. The van der Waals surface area contributed by atoms with E-state index in [0.717, 1.165) is 15.2 Å². The van der Waals surface area contributed by atoms with Gasteiger partial charge in [-0.3, -0.25) is 10.0 Å². The van der Waals surface area contributed by atoms with Gasteiger partial charge >= 0.3 is 0 Å². The molecular formula is C21H30FN5O9S. The zero-order valence-electron chi connectivity index (χ0n) is 20.2. The van der Waals surface area contributed by atoms with E-state index < -0.39 is 71.8 Å². The minimum absolute atomic E-state index is 0.0227. The van der Waals surface area contributed by atoms with E-state index in [1.807, 2.05) is 0 Å². The number of nitrogens with one attached hydrogen (secondary N) is 1. The van der Waals surface area contributed by atoms with Crippen LogP contribution in [0.4, 0.5) is 4.39 Å². The number of benzene rings is 1. The summed E-state index contributed by atoms with van der Waals surface area (Å²) in [5.41, 5.74) is 1.46. The second-order valence-corrected chi connectivity index (χ2v) is 10.6. The van der Waals surface area contributed by atoms with Gasteiger partial charge < -0.3 is 24.8 Å². The number of sulfonamides is 1. The van der Waals surface area contributed by atoms with Crippen LogP contribution in [0.3, 0.4) is 0 Å². The molecule has 6 atom stereocenters. The van der Waals surface area contributed by atoms with Gasteiger partial charge in [0.1, 0.15) is 30.1 Å². The first-order chi connectivity index (χ1) is 17.5. The van der Waals surface area contributed by atoms with E-state index in [9.17, 15) is 38.1 Å². The van der Waals surface area contributed by atoms with Crippen LogP contribution in [0.5, 0.6) is 5.75 Å². The number of alkyl halides is 1. The second kappa shape index (κ2) is 11.8. The molecule has 1 aromatic carbocycles. The number of halogens is 1. The van der Waals surface area contributed by atoms with E-state index in [0.29, 0.717) is 5.75 Å². The molecular weight excluding hydrogens is 517 g/mol. The van der Waals surface area contributed by atoms with Gasteiger partial charge in [-0.1, -0.05) is 19.1 Å². The van der Waals surface area contributed by atoms with Crippen molar-refractivity contribution in [1.82, 2.24) is 24.8 Å². The highest BCUT2D eigenvalue weighted by atomic mass is 32.2. The summed E-state index contributed by atoms with van der Waals surface area (Å²) < 4.78 is 54.0. The maximum Gasteiger partial charge on any atom is 0.262 e. The minimum Gasteiger partial charge on any atom is -0.497 e. The van der Waals surface area contributed by atoms with E-state index in [2.05, 4.69) is 10.3 Å². The summed E-state index contributed by atoms with van der Waals surface area (Å²) in [6.45, 7) is 1.95. The van der Waals surface area contributed by atoms with Crippen molar-refractivity contribution in [2.24, 2.45) is 5.92 Å². The summed E-state index contributed by atoms with van der Waals surface area (Å²) in [4.78, 5) is 12.4. The molecule has 1 aromatic heterocycles. The van der Waals surface area contributed by atoms with Crippen LogP contribution in [0, 0.1) is 5.92 Å². The van der Waals surface area contributed by atoms with Crippen LogP contribution in [-0.4, -0.2) is 98.4 Å². The Morgan fingerprint density at radius 1 is 1.27 bits per heavy atom. The second-order valence-electron chi connectivity index (χ2n) is 8.75. The first-order valence-corrected chi connectivity index (χ1v) is 12.7. The van der Waals surface area contributed by atoms with Crippen molar-refractivity contribution >= 4 is 15.9 Å². The molecule has 0 radical (unpaired) electrons. The largest absolute Gasteiger partial charge is 0.497 e. The van der Waals surface area contributed by atoms with Gasteiger partial charge in [0.15, 0.2) is 12.4 Å². The van der Waals surface area contributed by atoms with Gasteiger partial charge in [0, 0.05) is 0 Å². The van der Waals surface area contributed by atoms with E-state index in [4.69, 9.17) is 9.47 Å². The number of amides is 1. The van der Waals surface area contributed by atoms with E-state index in [-0.39, 0.29) is 10.6 Å². The Labute approximate surface area is 212 Å². The van der Waals surface area contributed by atoms with Gasteiger partial charge in [-0.25, -0.2) is 23.0 Å². The fraction of sp³-hybridized carbons (Fsp3) is 0.571. The Kier molecular flexibility index (Phi) is 9.17. The minimum atomic E-state index is -4.36. The normalized spacial score (nSPS) is 25.3. The Hall–Kier alpha value is -2.73. The average molecular weight is 548 g/mol. The van der Waals surface area contributed by atoms with Gasteiger partial charge in [-0.05, 0) is 30.2 Å². The lowest BCUT2D eigenvalue weighted by atomic mass is 9.99. The molecule has 2 heterocycles. The predicted molar refractivity (Wildman–Crippen MR) is 122 cm³/mol. The van der Waals surface area contributed by atoms with Crippen molar-refractivity contribution in [1.29, 1.82) is 0 Å². The summed E-state index contributed by atoms with van der Waals surface area (Å²) in [5, 5.41) is 46.1. The molecule has 1 aliphatic heterocycles. The molecule has 1 amide bonds. The number of carbonyl (C=O) groups excluding carboxylic acids is 1. The third-order valence-corrected chi connectivity index (χ3v) is 7.79. The zero-order chi connectivity index (χ0) is 27.5. The third-order valence-electron chi connectivity index (χ3n) is 5.95. The van der Waals surface area contributed by atoms with Crippen molar-refractivity contribution in [2.45, 2.75) is 62.0 Å². The zero-order valence-corrected chi connectivity index (χ0v) is 21.1. The summed E-state index contributed by atoms with van der Waals surface area (Å²) in [7, 11) is -2.94. The molecule has 5 N–H and O–H groups in total. The highest BCUT2D eigenvalue weighted by Gasteiger charge is 2.46. The van der Waals surface area contributed by atoms with Crippen molar-refractivity contribution < 1.29 is 47.6 Å². The molecule has 2 aromatic rings. The maximum atomic E-state index is 14.7. The lowest BCUT2D eigenvalue weighted by molar-refractivity contribution is -0.237. The lowest BCUT2D eigenvalue weighted by Crippen LogP contribution is -2.55. The number of hydrogen-bond acceptors (Lipinski definition) is 11. The number of hydroxylamine groups is 1. The van der Waals surface area contributed by atoms with Crippen molar-refractivity contribution in [3.8, 4) is 5.75 Å². The molecule has 0 saturated carbocycles. The lowest BCUT2D eigenvalue weighted by Gasteiger charge is -2.38. The molecule has 1 saturated heterocycles. The summed E-state index contributed by atoms with van der Waals surface area (Å²) in [6, 6.07) is 4.06. The number of methoxy groups -OCH3 is 1. The van der Waals surface area contributed by atoms with E-state index in [1.165, 1.54) is 36.9 Å².